The zero-order valence-corrected chi connectivity index (χ0v) is 27.5. The Labute approximate surface area is 284 Å². The highest BCUT2D eigenvalue weighted by Crippen LogP contribution is 2.37. The molecule has 3 fully saturated rings. The molecule has 0 saturated carbocycles. The zero-order chi connectivity index (χ0) is 33.9. The Balaban J connectivity index is 1.25. The number of pyridine rings is 1. The number of halogens is 2. The SMILES string of the molecule is C#Cc1c(F)ccc2cccc(-c3ncc4c(N5CC6CCC(C5)N6)nc(OCC5CC(=C)CCCC(CNCCC=O)N5)nc4c3F)c12. The van der Waals surface area contributed by atoms with Gasteiger partial charge in [-0.1, -0.05) is 42.3 Å². The molecule has 0 radical (unpaired) electrons. The first-order valence-corrected chi connectivity index (χ1v) is 17.2. The van der Waals surface area contributed by atoms with Crippen LogP contribution in [0.25, 0.3) is 32.9 Å². The second kappa shape index (κ2) is 14.5. The molecule has 2 aromatic heterocycles. The number of nitrogens with zero attached hydrogens (tertiary/aromatic N) is 4. The van der Waals surface area contributed by atoms with E-state index in [9.17, 15) is 9.18 Å². The number of aldehydes is 1. The molecule has 0 aliphatic carbocycles. The molecular formula is C38H41F2N7O2. The summed E-state index contributed by atoms with van der Waals surface area (Å²) < 4.78 is 38.0. The van der Waals surface area contributed by atoms with E-state index in [0.717, 1.165) is 70.0 Å². The van der Waals surface area contributed by atoms with E-state index in [4.69, 9.17) is 16.1 Å². The Kier molecular flexibility index (Phi) is 9.80. The number of fused-ring (bicyclic) bond motifs is 4. The maximum atomic E-state index is 16.8. The first-order chi connectivity index (χ1) is 23.9. The Morgan fingerprint density at radius 3 is 2.73 bits per heavy atom. The van der Waals surface area contributed by atoms with Crippen LogP contribution in [0.3, 0.4) is 0 Å². The number of hydrogen-bond donors (Lipinski definition) is 3. The zero-order valence-electron chi connectivity index (χ0n) is 27.5. The van der Waals surface area contributed by atoms with Gasteiger partial charge in [-0.05, 0) is 50.0 Å². The molecule has 254 valence electrons. The van der Waals surface area contributed by atoms with E-state index in [2.05, 4.69) is 43.3 Å². The maximum Gasteiger partial charge on any atom is 0.319 e. The number of terminal acetylenes is 1. The van der Waals surface area contributed by atoms with Crippen LogP contribution >= 0.6 is 0 Å². The number of ether oxygens (including phenoxy) is 1. The van der Waals surface area contributed by atoms with Crippen molar-refractivity contribution in [1.29, 1.82) is 0 Å². The van der Waals surface area contributed by atoms with Crippen molar-refractivity contribution in [2.24, 2.45) is 0 Å². The van der Waals surface area contributed by atoms with E-state index >= 15 is 4.39 Å². The summed E-state index contributed by atoms with van der Waals surface area (Å²) >= 11 is 0. The number of aromatic nitrogens is 3. The van der Waals surface area contributed by atoms with Crippen molar-refractivity contribution >= 4 is 33.8 Å². The van der Waals surface area contributed by atoms with Gasteiger partial charge in [-0.15, -0.1) is 6.42 Å². The van der Waals surface area contributed by atoms with Gasteiger partial charge in [0, 0.05) is 73.9 Å². The lowest BCUT2D eigenvalue weighted by Gasteiger charge is -2.34. The number of piperazine rings is 1. The quantitative estimate of drug-likeness (QED) is 0.0929. The van der Waals surface area contributed by atoms with E-state index in [-0.39, 0.29) is 41.5 Å². The van der Waals surface area contributed by atoms with Gasteiger partial charge in [0.25, 0.3) is 0 Å². The molecule has 9 nitrogen and oxygen atoms in total. The molecule has 2 bridgehead atoms. The van der Waals surface area contributed by atoms with Gasteiger partial charge in [0.2, 0.25) is 0 Å². The molecule has 49 heavy (non-hydrogen) atoms. The van der Waals surface area contributed by atoms with Crippen LogP contribution in [0.15, 0.2) is 48.7 Å². The van der Waals surface area contributed by atoms with Crippen LogP contribution in [0.4, 0.5) is 14.6 Å². The predicted molar refractivity (Wildman–Crippen MR) is 188 cm³/mol. The van der Waals surface area contributed by atoms with Gasteiger partial charge in [0.15, 0.2) is 5.82 Å². The molecule has 11 heteroatoms. The molecule has 4 atom stereocenters. The Morgan fingerprint density at radius 2 is 1.94 bits per heavy atom. The highest BCUT2D eigenvalue weighted by atomic mass is 19.1. The summed E-state index contributed by atoms with van der Waals surface area (Å²) in [5.74, 6) is 1.82. The van der Waals surface area contributed by atoms with Gasteiger partial charge in [-0.2, -0.15) is 9.97 Å². The van der Waals surface area contributed by atoms with Crippen molar-refractivity contribution in [3.8, 4) is 29.6 Å². The van der Waals surface area contributed by atoms with Crippen molar-refractivity contribution < 1.29 is 18.3 Å². The van der Waals surface area contributed by atoms with Crippen LogP contribution in [0, 0.1) is 24.0 Å². The number of nitrogens with one attached hydrogen (secondary N) is 3. The van der Waals surface area contributed by atoms with E-state index in [0.29, 0.717) is 52.6 Å². The Morgan fingerprint density at radius 1 is 1.10 bits per heavy atom. The highest BCUT2D eigenvalue weighted by Gasteiger charge is 2.34. The molecule has 5 heterocycles. The second-order valence-electron chi connectivity index (χ2n) is 13.4. The molecule has 0 amide bonds. The highest BCUT2D eigenvalue weighted by molar-refractivity contribution is 6.02. The molecule has 7 rings (SSSR count). The third-order valence-electron chi connectivity index (χ3n) is 9.89. The van der Waals surface area contributed by atoms with E-state index < -0.39 is 11.6 Å². The molecule has 3 N–H and O–H groups in total. The normalized spacial score (nSPS) is 22.6. The molecule has 4 aromatic rings. The fourth-order valence-electron chi connectivity index (χ4n) is 7.58. The first-order valence-electron chi connectivity index (χ1n) is 17.2. The molecule has 4 unspecified atom stereocenters. The van der Waals surface area contributed by atoms with Crippen molar-refractivity contribution in [3.05, 3.63) is 65.9 Å². The summed E-state index contributed by atoms with van der Waals surface area (Å²) in [6.07, 6.45) is 14.5. The summed E-state index contributed by atoms with van der Waals surface area (Å²) in [6.45, 7) is 7.35. The number of anilines is 1. The number of rotatable bonds is 10. The lowest BCUT2D eigenvalue weighted by atomic mass is 9.96. The molecular weight excluding hydrogens is 624 g/mol. The van der Waals surface area contributed by atoms with Gasteiger partial charge < -0.3 is 30.4 Å². The maximum absolute atomic E-state index is 16.8. The van der Waals surface area contributed by atoms with Gasteiger partial charge in [0.05, 0.1) is 10.9 Å². The fraction of sp³-hybridized carbons (Fsp3) is 0.421. The molecule has 0 spiro atoms. The lowest BCUT2D eigenvalue weighted by molar-refractivity contribution is -0.107. The monoisotopic (exact) mass is 665 g/mol. The minimum Gasteiger partial charge on any atom is -0.462 e. The average molecular weight is 666 g/mol. The van der Waals surface area contributed by atoms with E-state index in [1.807, 2.05) is 6.07 Å². The molecule has 2 aromatic carbocycles. The van der Waals surface area contributed by atoms with Crippen molar-refractivity contribution in [1.82, 2.24) is 30.9 Å². The molecule has 3 aliphatic rings. The standard InChI is InChI=1S/C38H41F2N7O2/c1-3-29-32(39)14-11-24-8-5-10-30(33(24)29)35-34(40)36-31(19-42-35)37(47-20-26-12-13-27(21-47)44-26)46-38(45-36)49-22-28-17-23(2)7-4-9-25(43-28)18-41-15-6-16-48/h1,5,8,10-11,14,16,19,25-28,41,43-44H,2,4,6-7,9,12-13,15,17-18,20-22H2. The summed E-state index contributed by atoms with van der Waals surface area (Å²) in [5, 5.41) is 12.3. The summed E-state index contributed by atoms with van der Waals surface area (Å²) in [5.41, 5.74) is 1.70. The number of hydrogen-bond acceptors (Lipinski definition) is 9. The van der Waals surface area contributed by atoms with Gasteiger partial charge >= 0.3 is 6.01 Å². The third kappa shape index (κ3) is 6.99. The van der Waals surface area contributed by atoms with Crippen LogP contribution in [-0.2, 0) is 4.79 Å². The second-order valence-corrected chi connectivity index (χ2v) is 13.4. The summed E-state index contributed by atoms with van der Waals surface area (Å²) in [4.78, 5) is 27.0. The smallest absolute Gasteiger partial charge is 0.319 e. The van der Waals surface area contributed by atoms with Crippen molar-refractivity contribution in [3.63, 3.8) is 0 Å². The largest absolute Gasteiger partial charge is 0.462 e. The van der Waals surface area contributed by atoms with E-state index in [1.165, 1.54) is 6.07 Å². The lowest BCUT2D eigenvalue weighted by Crippen LogP contribution is -2.51. The minimum atomic E-state index is -0.650. The van der Waals surface area contributed by atoms with Gasteiger partial charge in [-0.3, -0.25) is 4.98 Å². The van der Waals surface area contributed by atoms with Crippen LogP contribution in [0.2, 0.25) is 0 Å². The number of carbonyl (C=O) groups is 1. The number of benzene rings is 2. The summed E-state index contributed by atoms with van der Waals surface area (Å²) in [6, 6.07) is 9.09. The first kappa shape index (κ1) is 33.0. The van der Waals surface area contributed by atoms with E-state index in [1.54, 1.807) is 24.4 Å². The van der Waals surface area contributed by atoms with Crippen molar-refractivity contribution in [2.75, 3.05) is 37.7 Å². The van der Waals surface area contributed by atoms with Gasteiger partial charge in [0.1, 0.15) is 35.7 Å². The van der Waals surface area contributed by atoms with Crippen LogP contribution in [-0.4, -0.2) is 78.2 Å². The molecule has 3 aliphatic heterocycles. The van der Waals surface area contributed by atoms with Crippen LogP contribution in [0.1, 0.15) is 50.5 Å². The van der Waals surface area contributed by atoms with Crippen LogP contribution < -0.4 is 25.6 Å². The van der Waals surface area contributed by atoms with Crippen molar-refractivity contribution in [2.45, 2.75) is 69.1 Å². The number of carbonyl (C=O) groups excluding carboxylic acids is 1. The van der Waals surface area contributed by atoms with Gasteiger partial charge in [-0.25, -0.2) is 8.78 Å². The average Bonchev–Trinajstić information content (AvgIpc) is 3.44. The Hall–Kier alpha value is -4.50. The summed E-state index contributed by atoms with van der Waals surface area (Å²) in [7, 11) is 0. The van der Waals surface area contributed by atoms with Crippen LogP contribution in [0.5, 0.6) is 6.01 Å². The molecule has 3 saturated heterocycles. The predicted octanol–water partition coefficient (Wildman–Crippen LogP) is 5.06. The topological polar surface area (TPSA) is 104 Å². The Bertz CT molecular complexity index is 1920. The minimum absolute atomic E-state index is 0.0269. The third-order valence-corrected chi connectivity index (χ3v) is 9.89. The fourth-order valence-corrected chi connectivity index (χ4v) is 7.58.